The van der Waals surface area contributed by atoms with Crippen LogP contribution in [0, 0.1) is 0 Å². The number of carbonyl (C=O) groups excluding carboxylic acids is 2. The summed E-state index contributed by atoms with van der Waals surface area (Å²) in [5.41, 5.74) is 1.75. The van der Waals surface area contributed by atoms with Gasteiger partial charge in [-0.15, -0.1) is 0 Å². The van der Waals surface area contributed by atoms with Gasteiger partial charge in [0.1, 0.15) is 5.69 Å². The summed E-state index contributed by atoms with van der Waals surface area (Å²) in [5.74, 6) is 0.702. The van der Waals surface area contributed by atoms with Crippen molar-refractivity contribution in [3.8, 4) is 11.5 Å². The van der Waals surface area contributed by atoms with Crippen LogP contribution >= 0.6 is 0 Å². The standard InChI is InChI=1S/C20H24N6O3/c1-13(27)14-9-17(24(2)11-14)20(28)26-8-6-4-5-7-16(26)18-22-19(29-23-18)15-10-21-25(3)12-15/h9-12,16H,4-8H2,1-3H3/t16-/m0/s1. The van der Waals surface area contributed by atoms with E-state index in [1.165, 1.54) is 6.92 Å². The summed E-state index contributed by atoms with van der Waals surface area (Å²) in [6.07, 6.45) is 8.87. The summed E-state index contributed by atoms with van der Waals surface area (Å²) in [6, 6.07) is 1.39. The number of aryl methyl sites for hydroxylation is 2. The number of nitrogens with zero attached hydrogens (tertiary/aromatic N) is 6. The van der Waals surface area contributed by atoms with E-state index in [1.54, 1.807) is 41.0 Å². The van der Waals surface area contributed by atoms with E-state index in [9.17, 15) is 9.59 Å². The molecular formula is C20H24N6O3. The largest absolute Gasteiger partial charge is 0.346 e. The number of hydrogen-bond donors (Lipinski definition) is 0. The molecule has 1 saturated heterocycles. The van der Waals surface area contributed by atoms with Gasteiger partial charge in [0.25, 0.3) is 11.8 Å². The Bertz CT molecular complexity index is 1050. The molecule has 0 saturated carbocycles. The SMILES string of the molecule is CC(=O)c1cc(C(=O)N2CCCCC[C@H]2c2noc(-c3cnn(C)c3)n2)n(C)c1. The Balaban J connectivity index is 1.65. The minimum Gasteiger partial charge on any atom is -0.346 e. The van der Waals surface area contributed by atoms with Gasteiger partial charge >= 0.3 is 0 Å². The summed E-state index contributed by atoms with van der Waals surface area (Å²) in [7, 11) is 3.60. The molecule has 0 radical (unpaired) electrons. The van der Waals surface area contributed by atoms with Gasteiger partial charge in [0, 0.05) is 38.6 Å². The number of hydrogen-bond acceptors (Lipinski definition) is 6. The molecule has 0 unspecified atom stereocenters. The van der Waals surface area contributed by atoms with Crippen LogP contribution in [-0.2, 0) is 14.1 Å². The molecular weight excluding hydrogens is 372 g/mol. The second-order valence-corrected chi connectivity index (χ2v) is 7.51. The molecule has 0 aliphatic carbocycles. The fourth-order valence-electron chi connectivity index (χ4n) is 3.76. The summed E-state index contributed by atoms with van der Waals surface area (Å²) < 4.78 is 8.82. The molecule has 1 atom stereocenters. The van der Waals surface area contributed by atoms with Gasteiger partial charge in [-0.1, -0.05) is 18.0 Å². The highest BCUT2D eigenvalue weighted by Crippen LogP contribution is 2.31. The van der Waals surface area contributed by atoms with Gasteiger partial charge in [-0.05, 0) is 25.8 Å². The lowest BCUT2D eigenvalue weighted by molar-refractivity contribution is 0.0660. The maximum atomic E-state index is 13.4. The van der Waals surface area contributed by atoms with Crippen LogP contribution in [0.1, 0.15) is 65.3 Å². The van der Waals surface area contributed by atoms with Crippen molar-refractivity contribution < 1.29 is 14.1 Å². The first kappa shape index (κ1) is 19.1. The Kier molecular flexibility index (Phi) is 5.04. The summed E-state index contributed by atoms with van der Waals surface area (Å²) in [5, 5.41) is 8.30. The molecule has 9 heteroatoms. The van der Waals surface area contributed by atoms with Gasteiger partial charge in [0.2, 0.25) is 0 Å². The van der Waals surface area contributed by atoms with E-state index in [2.05, 4.69) is 15.2 Å². The normalized spacial score (nSPS) is 17.3. The van der Waals surface area contributed by atoms with Crippen molar-refractivity contribution in [2.75, 3.05) is 6.54 Å². The predicted molar refractivity (Wildman–Crippen MR) is 104 cm³/mol. The van der Waals surface area contributed by atoms with Crippen LogP contribution in [0.4, 0.5) is 0 Å². The zero-order chi connectivity index (χ0) is 20.5. The van der Waals surface area contributed by atoms with Crippen LogP contribution in [0.3, 0.4) is 0 Å². The van der Waals surface area contributed by atoms with Gasteiger partial charge < -0.3 is 14.0 Å². The van der Waals surface area contributed by atoms with Crippen LogP contribution in [-0.4, -0.2) is 47.6 Å². The second-order valence-electron chi connectivity index (χ2n) is 7.51. The number of likely N-dealkylation sites (tertiary alicyclic amines) is 1. The zero-order valence-electron chi connectivity index (χ0n) is 16.8. The first-order valence-corrected chi connectivity index (χ1v) is 9.75. The Labute approximate surface area is 168 Å². The Morgan fingerprint density at radius 1 is 1.17 bits per heavy atom. The van der Waals surface area contributed by atoms with Crippen molar-refractivity contribution in [3.63, 3.8) is 0 Å². The molecule has 0 N–H and O–H groups in total. The van der Waals surface area contributed by atoms with Crippen molar-refractivity contribution in [3.05, 3.63) is 41.7 Å². The fourth-order valence-corrected chi connectivity index (χ4v) is 3.76. The molecule has 1 amide bonds. The molecule has 3 aromatic heterocycles. The van der Waals surface area contributed by atoms with E-state index < -0.39 is 0 Å². The molecule has 0 bridgehead atoms. The maximum Gasteiger partial charge on any atom is 0.271 e. The zero-order valence-corrected chi connectivity index (χ0v) is 16.8. The average molecular weight is 396 g/mol. The number of ketones is 1. The number of Topliss-reactive ketones (excluding diaryl/α,β-unsaturated/α-hetero) is 1. The molecule has 3 aromatic rings. The highest BCUT2D eigenvalue weighted by molar-refractivity contribution is 5.99. The summed E-state index contributed by atoms with van der Waals surface area (Å²) >= 11 is 0. The number of amides is 1. The van der Waals surface area contributed by atoms with Crippen LogP contribution < -0.4 is 0 Å². The lowest BCUT2D eigenvalue weighted by Crippen LogP contribution is -2.36. The molecule has 29 heavy (non-hydrogen) atoms. The van der Waals surface area contributed by atoms with E-state index in [0.29, 0.717) is 29.5 Å². The van der Waals surface area contributed by atoms with E-state index in [4.69, 9.17) is 4.52 Å². The van der Waals surface area contributed by atoms with E-state index >= 15 is 0 Å². The third kappa shape index (κ3) is 3.72. The molecule has 0 spiro atoms. The molecule has 9 nitrogen and oxygen atoms in total. The van der Waals surface area contributed by atoms with Crippen molar-refractivity contribution in [2.24, 2.45) is 14.1 Å². The van der Waals surface area contributed by atoms with E-state index in [0.717, 1.165) is 31.2 Å². The Morgan fingerprint density at radius 2 is 2.00 bits per heavy atom. The van der Waals surface area contributed by atoms with Crippen molar-refractivity contribution in [1.82, 2.24) is 29.4 Å². The lowest BCUT2D eigenvalue weighted by atomic mass is 10.1. The first-order valence-electron chi connectivity index (χ1n) is 9.75. The molecule has 152 valence electrons. The van der Waals surface area contributed by atoms with Crippen molar-refractivity contribution >= 4 is 11.7 Å². The third-order valence-electron chi connectivity index (χ3n) is 5.34. The fraction of sp³-hybridized carbons (Fsp3) is 0.450. The molecule has 4 heterocycles. The number of carbonyl (C=O) groups is 2. The van der Waals surface area contributed by atoms with Gasteiger partial charge in [-0.25, -0.2) is 0 Å². The minimum absolute atomic E-state index is 0.0636. The molecule has 1 fully saturated rings. The smallest absolute Gasteiger partial charge is 0.271 e. The van der Waals surface area contributed by atoms with Gasteiger partial charge in [-0.3, -0.25) is 14.3 Å². The quantitative estimate of drug-likeness (QED) is 0.629. The summed E-state index contributed by atoms with van der Waals surface area (Å²) in [6.45, 7) is 2.11. The molecule has 0 aromatic carbocycles. The predicted octanol–water partition coefficient (Wildman–Crippen LogP) is 2.77. The lowest BCUT2D eigenvalue weighted by Gasteiger charge is -2.27. The number of rotatable bonds is 4. The molecule has 1 aliphatic heterocycles. The maximum absolute atomic E-state index is 13.4. The first-order chi connectivity index (χ1) is 13.9. The van der Waals surface area contributed by atoms with Crippen LogP contribution in [0.5, 0.6) is 0 Å². The average Bonchev–Trinajstić information content (AvgIpc) is 3.38. The van der Waals surface area contributed by atoms with Crippen molar-refractivity contribution in [2.45, 2.75) is 38.6 Å². The summed E-state index contributed by atoms with van der Waals surface area (Å²) in [4.78, 5) is 31.4. The van der Waals surface area contributed by atoms with Gasteiger partial charge in [0.15, 0.2) is 11.6 Å². The molecule has 4 rings (SSSR count). The third-order valence-corrected chi connectivity index (χ3v) is 5.34. The van der Waals surface area contributed by atoms with Crippen LogP contribution in [0.15, 0.2) is 29.2 Å². The van der Waals surface area contributed by atoms with E-state index in [-0.39, 0.29) is 17.7 Å². The number of aromatic nitrogens is 5. The minimum atomic E-state index is -0.269. The topological polar surface area (TPSA) is 99.1 Å². The Morgan fingerprint density at radius 3 is 2.69 bits per heavy atom. The van der Waals surface area contributed by atoms with Gasteiger partial charge in [0.05, 0.1) is 17.8 Å². The molecule has 1 aliphatic rings. The van der Waals surface area contributed by atoms with Crippen molar-refractivity contribution in [1.29, 1.82) is 0 Å². The Hall–Kier alpha value is -3.23. The monoisotopic (exact) mass is 396 g/mol. The highest BCUT2D eigenvalue weighted by Gasteiger charge is 2.32. The van der Waals surface area contributed by atoms with Crippen LogP contribution in [0.25, 0.3) is 11.5 Å². The van der Waals surface area contributed by atoms with Crippen LogP contribution in [0.2, 0.25) is 0 Å². The van der Waals surface area contributed by atoms with Gasteiger partial charge in [-0.2, -0.15) is 10.1 Å². The highest BCUT2D eigenvalue weighted by atomic mass is 16.5. The van der Waals surface area contributed by atoms with E-state index in [1.807, 2.05) is 11.9 Å². The second kappa shape index (κ2) is 7.65.